The van der Waals surface area contributed by atoms with Gasteiger partial charge in [0.2, 0.25) is 0 Å². The van der Waals surface area contributed by atoms with E-state index in [0.717, 1.165) is 25.1 Å². The van der Waals surface area contributed by atoms with E-state index in [1.165, 1.54) is 17.9 Å². The normalized spacial score (nSPS) is 22.1. The molecule has 5 heteroatoms. The van der Waals surface area contributed by atoms with Crippen LogP contribution in [0.1, 0.15) is 40.0 Å². The van der Waals surface area contributed by atoms with Gasteiger partial charge >= 0.3 is 6.09 Å². The van der Waals surface area contributed by atoms with Crippen LogP contribution in [0, 0.1) is 0 Å². The number of hydrogen-bond donors (Lipinski definition) is 0. The Bertz CT molecular complexity index is 357. The van der Waals surface area contributed by atoms with Gasteiger partial charge in [0.1, 0.15) is 5.60 Å². The predicted molar refractivity (Wildman–Crippen MR) is 83.6 cm³/mol. The molecule has 2 aliphatic heterocycles. The van der Waals surface area contributed by atoms with Gasteiger partial charge in [-0.3, -0.25) is 4.90 Å². The van der Waals surface area contributed by atoms with Crippen molar-refractivity contribution in [1.29, 1.82) is 0 Å². The highest BCUT2D eigenvalue weighted by Crippen LogP contribution is 2.38. The summed E-state index contributed by atoms with van der Waals surface area (Å²) in [5, 5.41) is 0. The molecule has 3 nitrogen and oxygen atoms in total. The quantitative estimate of drug-likeness (QED) is 0.729. The molecule has 0 atom stereocenters. The second kappa shape index (κ2) is 6.44. The SMILES string of the molecule is CC(C)(C)OC(=O)N1CCCC=C1C1SCCCS1. The van der Waals surface area contributed by atoms with E-state index in [1.54, 1.807) is 0 Å². The molecule has 2 aliphatic rings. The number of carbonyl (C=O) groups is 1. The maximum absolute atomic E-state index is 12.3. The lowest BCUT2D eigenvalue weighted by Crippen LogP contribution is -2.40. The highest BCUT2D eigenvalue weighted by Gasteiger charge is 2.31. The van der Waals surface area contributed by atoms with Crippen molar-refractivity contribution < 1.29 is 9.53 Å². The first kappa shape index (κ1) is 15.1. The van der Waals surface area contributed by atoms with Crippen molar-refractivity contribution in [3.8, 4) is 0 Å². The van der Waals surface area contributed by atoms with Crippen molar-refractivity contribution in [3.05, 3.63) is 11.8 Å². The molecule has 0 bridgehead atoms. The van der Waals surface area contributed by atoms with Gasteiger partial charge in [-0.2, -0.15) is 0 Å². The summed E-state index contributed by atoms with van der Waals surface area (Å²) >= 11 is 3.91. The van der Waals surface area contributed by atoms with Crippen LogP contribution in [0.5, 0.6) is 0 Å². The molecule has 0 N–H and O–H groups in total. The fourth-order valence-electron chi connectivity index (χ4n) is 2.13. The summed E-state index contributed by atoms with van der Waals surface area (Å²) in [6.07, 6.45) is 5.41. The van der Waals surface area contributed by atoms with Crippen LogP contribution in [0.25, 0.3) is 0 Å². The van der Waals surface area contributed by atoms with E-state index in [0.29, 0.717) is 4.58 Å². The van der Waals surface area contributed by atoms with Gasteiger partial charge < -0.3 is 4.74 Å². The van der Waals surface area contributed by atoms with Crippen LogP contribution in [-0.4, -0.2) is 39.2 Å². The Morgan fingerprint density at radius 2 is 2.00 bits per heavy atom. The van der Waals surface area contributed by atoms with Crippen molar-refractivity contribution in [2.75, 3.05) is 18.1 Å². The number of thioether (sulfide) groups is 2. The minimum atomic E-state index is -0.424. The highest BCUT2D eigenvalue weighted by atomic mass is 32.2. The van der Waals surface area contributed by atoms with E-state index < -0.39 is 5.60 Å². The minimum Gasteiger partial charge on any atom is -0.443 e. The number of ether oxygens (including phenoxy) is 1. The molecule has 0 aliphatic carbocycles. The van der Waals surface area contributed by atoms with Crippen LogP contribution in [0.3, 0.4) is 0 Å². The Morgan fingerprint density at radius 3 is 2.63 bits per heavy atom. The van der Waals surface area contributed by atoms with E-state index in [9.17, 15) is 4.79 Å². The standard InChI is InChI=1S/C14H23NO2S2/c1-14(2,3)17-13(16)15-8-5-4-7-11(15)12-18-9-6-10-19-12/h7,12H,4-6,8-10H2,1-3H3. The Morgan fingerprint density at radius 1 is 1.32 bits per heavy atom. The molecule has 0 unspecified atom stereocenters. The average molecular weight is 301 g/mol. The van der Waals surface area contributed by atoms with Gasteiger partial charge in [0.05, 0.1) is 4.58 Å². The van der Waals surface area contributed by atoms with Crippen LogP contribution in [-0.2, 0) is 4.74 Å². The second-order valence-corrected chi connectivity index (χ2v) is 8.55. The fraction of sp³-hybridized carbons (Fsp3) is 0.786. The molecule has 108 valence electrons. The Labute approximate surface area is 124 Å². The first-order chi connectivity index (χ1) is 8.97. The number of carbonyl (C=O) groups excluding carboxylic acids is 1. The lowest BCUT2D eigenvalue weighted by molar-refractivity contribution is 0.0303. The van der Waals surface area contributed by atoms with Crippen molar-refractivity contribution in [2.45, 2.75) is 50.2 Å². The third-order valence-electron chi connectivity index (χ3n) is 2.93. The molecule has 2 heterocycles. The van der Waals surface area contributed by atoms with Crippen LogP contribution in [0.4, 0.5) is 4.79 Å². The third kappa shape index (κ3) is 4.35. The molecular weight excluding hydrogens is 278 g/mol. The van der Waals surface area contributed by atoms with Gasteiger partial charge in [0, 0.05) is 12.2 Å². The molecule has 0 saturated carbocycles. The van der Waals surface area contributed by atoms with Crippen LogP contribution < -0.4 is 0 Å². The summed E-state index contributed by atoms with van der Waals surface area (Å²) in [4.78, 5) is 14.2. The molecular formula is C14H23NO2S2. The highest BCUT2D eigenvalue weighted by molar-refractivity contribution is 8.17. The van der Waals surface area contributed by atoms with E-state index in [1.807, 2.05) is 49.2 Å². The minimum absolute atomic E-state index is 0.190. The number of hydrogen-bond acceptors (Lipinski definition) is 4. The first-order valence-electron chi connectivity index (χ1n) is 6.91. The van der Waals surface area contributed by atoms with Crippen LogP contribution in [0.2, 0.25) is 0 Å². The molecule has 19 heavy (non-hydrogen) atoms. The molecule has 0 spiro atoms. The van der Waals surface area contributed by atoms with Crippen molar-refractivity contribution in [1.82, 2.24) is 4.90 Å². The average Bonchev–Trinajstić information content (AvgIpc) is 2.38. The van der Waals surface area contributed by atoms with Crippen molar-refractivity contribution >= 4 is 29.6 Å². The van der Waals surface area contributed by atoms with E-state index in [4.69, 9.17) is 4.74 Å². The lowest BCUT2D eigenvalue weighted by Gasteiger charge is -2.35. The predicted octanol–water partition coefficient (Wildman–Crippen LogP) is 4.10. The molecule has 1 fully saturated rings. The van der Waals surface area contributed by atoms with Gasteiger partial charge in [-0.1, -0.05) is 6.08 Å². The first-order valence-corrected chi connectivity index (χ1v) is 9.01. The van der Waals surface area contributed by atoms with Crippen LogP contribution in [0.15, 0.2) is 11.8 Å². The molecule has 0 aromatic carbocycles. The summed E-state index contributed by atoms with van der Waals surface area (Å²) in [5.74, 6) is 2.38. The number of rotatable bonds is 1. The third-order valence-corrected chi connectivity index (χ3v) is 5.89. The number of allylic oxidation sites excluding steroid dienone is 1. The smallest absolute Gasteiger partial charge is 0.414 e. The van der Waals surface area contributed by atoms with Gasteiger partial charge in [0.25, 0.3) is 0 Å². The zero-order valence-corrected chi connectivity index (χ0v) is 13.6. The summed E-state index contributed by atoms with van der Waals surface area (Å²) in [5.41, 5.74) is 0.738. The van der Waals surface area contributed by atoms with Crippen molar-refractivity contribution in [3.63, 3.8) is 0 Å². The molecule has 2 rings (SSSR count). The Hall–Kier alpha value is -0.290. The van der Waals surface area contributed by atoms with E-state index in [2.05, 4.69) is 6.08 Å². The molecule has 0 aromatic heterocycles. The Balaban J connectivity index is 2.06. The zero-order valence-electron chi connectivity index (χ0n) is 12.0. The largest absolute Gasteiger partial charge is 0.443 e. The van der Waals surface area contributed by atoms with E-state index >= 15 is 0 Å². The van der Waals surface area contributed by atoms with Gasteiger partial charge in [-0.15, -0.1) is 23.5 Å². The maximum atomic E-state index is 12.3. The monoisotopic (exact) mass is 301 g/mol. The van der Waals surface area contributed by atoms with Gasteiger partial charge in [-0.05, 0) is 51.5 Å². The second-order valence-electron chi connectivity index (χ2n) is 5.83. The summed E-state index contributed by atoms with van der Waals surface area (Å²) in [6.45, 7) is 6.55. The van der Waals surface area contributed by atoms with E-state index in [-0.39, 0.29) is 6.09 Å². The summed E-state index contributed by atoms with van der Waals surface area (Å²) in [6, 6.07) is 0. The number of amides is 1. The maximum Gasteiger partial charge on any atom is 0.414 e. The van der Waals surface area contributed by atoms with Crippen molar-refractivity contribution in [2.24, 2.45) is 0 Å². The molecule has 1 amide bonds. The molecule has 0 radical (unpaired) electrons. The van der Waals surface area contributed by atoms with Gasteiger partial charge in [-0.25, -0.2) is 4.79 Å². The topological polar surface area (TPSA) is 29.5 Å². The summed E-state index contributed by atoms with van der Waals surface area (Å²) < 4.78 is 5.93. The number of nitrogens with zero attached hydrogens (tertiary/aromatic N) is 1. The molecule has 1 saturated heterocycles. The lowest BCUT2D eigenvalue weighted by atomic mass is 10.1. The summed E-state index contributed by atoms with van der Waals surface area (Å²) in [7, 11) is 0. The molecule has 0 aromatic rings. The Kier molecular flexibility index (Phi) is 5.12. The zero-order chi connectivity index (χ0) is 13.9. The fourth-order valence-corrected chi connectivity index (χ4v) is 5.12. The van der Waals surface area contributed by atoms with Crippen LogP contribution >= 0.6 is 23.5 Å². The van der Waals surface area contributed by atoms with Gasteiger partial charge in [0.15, 0.2) is 0 Å².